The monoisotopic (exact) mass is 266 g/mol. The fourth-order valence-corrected chi connectivity index (χ4v) is 3.27. The van der Waals surface area contributed by atoms with Gasteiger partial charge in [-0.3, -0.25) is 0 Å². The predicted octanol–water partition coefficient (Wildman–Crippen LogP) is 5.02. The molecule has 0 radical (unpaired) electrons. The second-order valence-corrected chi connectivity index (χ2v) is 12.0. The normalized spacial score (nSPS) is 29.3. The van der Waals surface area contributed by atoms with E-state index in [0.717, 1.165) is 13.0 Å². The van der Waals surface area contributed by atoms with E-state index < -0.39 is 8.32 Å². The number of hydrogen-bond acceptors (Lipinski definition) is 1. The maximum atomic E-state index is 6.39. The highest BCUT2D eigenvalue weighted by atomic mass is 28.4. The summed E-state index contributed by atoms with van der Waals surface area (Å²) in [5.74, 6) is 1.78. The summed E-state index contributed by atoms with van der Waals surface area (Å²) in [6.07, 6.45) is 7.86. The molecule has 0 spiro atoms. The number of rotatable bonds is 4. The Bertz CT molecular complexity index is 312. The van der Waals surface area contributed by atoms with Gasteiger partial charge in [0.1, 0.15) is 0 Å². The van der Waals surface area contributed by atoms with E-state index >= 15 is 0 Å². The Labute approximate surface area is 114 Å². The highest BCUT2D eigenvalue weighted by Gasteiger charge is 2.38. The summed E-state index contributed by atoms with van der Waals surface area (Å²) < 4.78 is 6.39. The molecule has 0 amide bonds. The van der Waals surface area contributed by atoms with Crippen molar-refractivity contribution in [2.45, 2.75) is 52.2 Å². The molecule has 3 atom stereocenters. The van der Waals surface area contributed by atoms with Crippen molar-refractivity contribution >= 4 is 8.32 Å². The van der Waals surface area contributed by atoms with E-state index in [1.165, 1.54) is 0 Å². The Morgan fingerprint density at radius 1 is 1.39 bits per heavy atom. The van der Waals surface area contributed by atoms with Crippen molar-refractivity contribution < 1.29 is 4.43 Å². The van der Waals surface area contributed by atoms with Crippen LogP contribution in [0, 0.1) is 17.8 Å². The van der Waals surface area contributed by atoms with Crippen molar-refractivity contribution in [2.75, 3.05) is 6.61 Å². The topological polar surface area (TPSA) is 9.23 Å². The van der Waals surface area contributed by atoms with Gasteiger partial charge in [-0.25, -0.2) is 0 Å². The van der Waals surface area contributed by atoms with Gasteiger partial charge >= 0.3 is 0 Å². The molecule has 1 rings (SSSR count). The third kappa shape index (κ3) is 3.58. The minimum atomic E-state index is -1.62. The van der Waals surface area contributed by atoms with Gasteiger partial charge in [0.25, 0.3) is 0 Å². The van der Waals surface area contributed by atoms with Crippen LogP contribution >= 0.6 is 0 Å². The summed E-state index contributed by atoms with van der Waals surface area (Å²) in [7, 11) is -1.62. The number of hydrogen-bond donors (Lipinski definition) is 0. The maximum absolute atomic E-state index is 6.39. The average molecular weight is 267 g/mol. The first kappa shape index (κ1) is 15.7. The zero-order valence-electron chi connectivity index (χ0n) is 13.0. The van der Waals surface area contributed by atoms with E-state index in [2.05, 4.69) is 65.6 Å². The Morgan fingerprint density at radius 2 is 2.00 bits per heavy atom. The van der Waals surface area contributed by atoms with Crippen molar-refractivity contribution in [3.8, 4) is 0 Å². The van der Waals surface area contributed by atoms with E-state index in [1.807, 2.05) is 0 Å². The molecular weight excluding hydrogens is 236 g/mol. The van der Waals surface area contributed by atoms with E-state index in [-0.39, 0.29) is 0 Å². The first-order chi connectivity index (χ1) is 8.19. The van der Waals surface area contributed by atoms with Gasteiger partial charge in [0, 0.05) is 6.61 Å². The predicted molar refractivity (Wildman–Crippen MR) is 83.2 cm³/mol. The molecule has 0 saturated carbocycles. The zero-order chi connectivity index (χ0) is 14.0. The molecule has 1 aliphatic carbocycles. The fraction of sp³-hybridized carbons (Fsp3) is 0.750. The highest BCUT2D eigenvalue weighted by Crippen LogP contribution is 2.38. The molecule has 0 aromatic carbocycles. The van der Waals surface area contributed by atoms with Crippen molar-refractivity contribution in [2.24, 2.45) is 17.8 Å². The molecule has 1 aliphatic rings. The molecule has 0 saturated heterocycles. The van der Waals surface area contributed by atoms with Gasteiger partial charge in [-0.05, 0) is 42.3 Å². The smallest absolute Gasteiger partial charge is 0.191 e. The molecule has 104 valence electrons. The summed E-state index contributed by atoms with van der Waals surface area (Å²) in [5, 5.41) is 0.296. The molecule has 0 aromatic heterocycles. The summed E-state index contributed by atoms with van der Waals surface area (Å²) >= 11 is 0. The molecule has 0 heterocycles. The van der Waals surface area contributed by atoms with Gasteiger partial charge in [0.2, 0.25) is 0 Å². The lowest BCUT2D eigenvalue weighted by Crippen LogP contribution is -2.43. The average Bonchev–Trinajstić information content (AvgIpc) is 2.25. The lowest BCUT2D eigenvalue weighted by molar-refractivity contribution is 0.163. The van der Waals surface area contributed by atoms with Crippen LogP contribution in [0.15, 0.2) is 24.8 Å². The Morgan fingerprint density at radius 3 is 2.50 bits per heavy atom. The highest BCUT2D eigenvalue weighted by molar-refractivity contribution is 6.74. The fourth-order valence-electron chi connectivity index (χ4n) is 2.23. The largest absolute Gasteiger partial charge is 0.417 e. The van der Waals surface area contributed by atoms with Crippen LogP contribution in [-0.2, 0) is 4.43 Å². The van der Waals surface area contributed by atoms with Crippen LogP contribution in [-0.4, -0.2) is 14.9 Å². The van der Waals surface area contributed by atoms with Crippen LogP contribution in [0.1, 0.15) is 34.1 Å². The maximum Gasteiger partial charge on any atom is 0.191 e. The Balaban J connectivity index is 2.67. The van der Waals surface area contributed by atoms with Gasteiger partial charge in [-0.2, -0.15) is 0 Å². The third-order valence-electron chi connectivity index (χ3n) is 4.82. The molecule has 18 heavy (non-hydrogen) atoms. The van der Waals surface area contributed by atoms with Crippen LogP contribution < -0.4 is 0 Å². The number of allylic oxidation sites excluding steroid dienone is 3. The van der Waals surface area contributed by atoms with Gasteiger partial charge in [-0.1, -0.05) is 45.9 Å². The van der Waals surface area contributed by atoms with Crippen molar-refractivity contribution in [1.29, 1.82) is 0 Å². The van der Waals surface area contributed by atoms with Gasteiger partial charge in [0.05, 0.1) is 0 Å². The first-order valence-corrected chi connectivity index (χ1v) is 10.0. The Kier molecular flexibility index (Phi) is 5.02. The summed E-state index contributed by atoms with van der Waals surface area (Å²) in [6.45, 7) is 18.7. The quantitative estimate of drug-likeness (QED) is 0.512. The zero-order valence-corrected chi connectivity index (χ0v) is 14.0. The lowest BCUT2D eigenvalue weighted by atomic mass is 9.77. The summed E-state index contributed by atoms with van der Waals surface area (Å²) in [6, 6.07) is 0. The van der Waals surface area contributed by atoms with E-state index in [1.54, 1.807) is 0 Å². The molecule has 2 heteroatoms. The minimum absolute atomic E-state index is 0.296. The molecule has 0 N–H and O–H groups in total. The second kappa shape index (κ2) is 5.75. The third-order valence-corrected chi connectivity index (χ3v) is 9.32. The SMILES string of the molecule is C=C[C@H]1CC=C[C@@H](C)[C@H]1CO[Si](C)(C)C(C)(C)C. The summed E-state index contributed by atoms with van der Waals surface area (Å²) in [4.78, 5) is 0. The molecule has 0 aromatic rings. The lowest BCUT2D eigenvalue weighted by Gasteiger charge is -2.39. The molecule has 1 nitrogen and oxygen atoms in total. The first-order valence-electron chi connectivity index (χ1n) is 7.12. The minimum Gasteiger partial charge on any atom is -0.417 e. The van der Waals surface area contributed by atoms with Crippen LogP contribution in [0.4, 0.5) is 0 Å². The second-order valence-electron chi connectivity index (χ2n) is 7.16. The standard InChI is InChI=1S/C16H30OSi/c1-8-14-11-9-10-13(2)15(14)12-17-18(6,7)16(3,4)5/h8-10,13-15H,1,11-12H2,2-7H3/t13-,14+,15-/m1/s1. The van der Waals surface area contributed by atoms with Gasteiger partial charge in [-0.15, -0.1) is 6.58 Å². The molecule has 0 unspecified atom stereocenters. The van der Waals surface area contributed by atoms with E-state index in [9.17, 15) is 0 Å². The van der Waals surface area contributed by atoms with E-state index in [4.69, 9.17) is 4.43 Å². The van der Waals surface area contributed by atoms with Gasteiger partial charge < -0.3 is 4.43 Å². The molecule has 0 aliphatic heterocycles. The molecule has 0 fully saturated rings. The summed E-state index contributed by atoms with van der Waals surface area (Å²) in [5.41, 5.74) is 0. The van der Waals surface area contributed by atoms with Crippen LogP contribution in [0.25, 0.3) is 0 Å². The molecular formula is C16H30OSi. The van der Waals surface area contributed by atoms with E-state index in [0.29, 0.717) is 22.8 Å². The molecule has 0 bridgehead atoms. The van der Waals surface area contributed by atoms with Crippen molar-refractivity contribution in [1.82, 2.24) is 0 Å². The Hall–Kier alpha value is -0.343. The van der Waals surface area contributed by atoms with Crippen molar-refractivity contribution in [3.63, 3.8) is 0 Å². The van der Waals surface area contributed by atoms with Crippen LogP contribution in [0.5, 0.6) is 0 Å². The van der Waals surface area contributed by atoms with Crippen LogP contribution in [0.2, 0.25) is 18.1 Å². The van der Waals surface area contributed by atoms with Crippen molar-refractivity contribution in [3.05, 3.63) is 24.8 Å². The van der Waals surface area contributed by atoms with Gasteiger partial charge in [0.15, 0.2) is 8.32 Å². The van der Waals surface area contributed by atoms with Crippen LogP contribution in [0.3, 0.4) is 0 Å².